The van der Waals surface area contributed by atoms with Gasteiger partial charge in [-0.15, -0.1) is 0 Å². The third-order valence-corrected chi connectivity index (χ3v) is 22.7. The van der Waals surface area contributed by atoms with Crippen molar-refractivity contribution in [1.29, 1.82) is 0 Å². The molecule has 2 aromatic rings. The molecule has 40 atom stereocenters. The fourth-order valence-corrected chi connectivity index (χ4v) is 16.5. The van der Waals surface area contributed by atoms with Crippen molar-refractivity contribution in [3.8, 4) is 0 Å². The average molecular weight is 1600 g/mol. The molecule has 45 nitrogen and oxygen atoms in total. The summed E-state index contributed by atoms with van der Waals surface area (Å²) in [5, 5.41) is 250. The number of hydrogen-bond donors (Lipinski definition) is 22. The van der Waals surface area contributed by atoms with Crippen molar-refractivity contribution in [2.75, 3.05) is 52.9 Å². The van der Waals surface area contributed by atoms with Gasteiger partial charge in [0.15, 0.2) is 68.3 Å². The Balaban J connectivity index is 0.900. The first-order chi connectivity index (χ1) is 51.3. The third-order valence-electron chi connectivity index (χ3n) is 20.1. The summed E-state index contributed by atoms with van der Waals surface area (Å²) in [6.45, 7) is -9.69. The fraction of sp³-hybridized carbons (Fsp3) is 0.787. The van der Waals surface area contributed by atoms with Gasteiger partial charge < -0.3 is 188 Å². The Morgan fingerprint density at radius 1 is 0.241 bits per heavy atom. The molecule has 0 spiro atoms. The Labute approximate surface area is 610 Å². The Morgan fingerprint density at radius 3 is 0.630 bits per heavy atom. The van der Waals surface area contributed by atoms with Gasteiger partial charge in [-0.2, -0.15) is 16.8 Å². The van der Waals surface area contributed by atoms with Crippen LogP contribution in [0.15, 0.2) is 58.3 Å². The van der Waals surface area contributed by atoms with E-state index in [0.717, 1.165) is 48.5 Å². The lowest BCUT2D eigenvalue weighted by atomic mass is 9.94. The number of rotatable bonds is 8. The molecule has 22 heterocycles. The highest BCUT2D eigenvalue weighted by molar-refractivity contribution is 7.87. The summed E-state index contributed by atoms with van der Waals surface area (Å²) in [7, 11) is -10.8. The van der Waals surface area contributed by atoms with E-state index < -0.39 is 345 Å². The van der Waals surface area contributed by atoms with E-state index >= 15 is 0 Å². The second-order valence-corrected chi connectivity index (χ2v) is 30.0. The molecule has 0 radical (unpaired) electrons. The summed E-state index contributed by atoms with van der Waals surface area (Å²) in [5.41, 5.74) is -0.889. The van der Waals surface area contributed by atoms with Crippen molar-refractivity contribution in [3.63, 3.8) is 0 Å². The number of ether oxygens (including phenoxy) is 16. The van der Waals surface area contributed by atoms with Crippen LogP contribution in [0, 0.1) is 0 Å². The maximum Gasteiger partial charge on any atom is 0.297 e. The van der Waals surface area contributed by atoms with Crippen LogP contribution < -0.4 is 0 Å². The number of fused-ring (bicyclic) bond motifs is 4. The second kappa shape index (κ2) is 34.5. The largest absolute Gasteiger partial charge is 0.394 e. The van der Waals surface area contributed by atoms with Crippen molar-refractivity contribution < 1.29 is 218 Å². The monoisotopic (exact) mass is 1600 g/mol. The zero-order valence-electron chi connectivity index (χ0n) is 55.9. The summed E-state index contributed by atoms with van der Waals surface area (Å²) >= 11 is 0. The molecule has 0 amide bonds. The van der Waals surface area contributed by atoms with Crippen LogP contribution in [0.25, 0.3) is 0 Å². The maximum atomic E-state index is 14.6. The summed E-state index contributed by atoms with van der Waals surface area (Å²) in [4.78, 5) is 12.5. The number of hydrogen-bond acceptors (Lipinski definition) is 45. The van der Waals surface area contributed by atoms with Gasteiger partial charge in [0.2, 0.25) is 0 Å². The molecule has 2 aromatic carbocycles. The van der Waals surface area contributed by atoms with E-state index in [0.29, 0.717) is 0 Å². The minimum atomic E-state index is -5.42. The minimum absolute atomic E-state index is 0.444. The van der Waals surface area contributed by atoms with E-state index in [1.165, 1.54) is 0 Å². The number of aliphatic hydroxyl groups is 22. The number of ketones is 1. The lowest BCUT2D eigenvalue weighted by Gasteiger charge is -2.51. The van der Waals surface area contributed by atoms with Crippen LogP contribution in [0.3, 0.4) is 0 Å². The predicted molar refractivity (Wildman–Crippen MR) is 329 cm³/mol. The van der Waals surface area contributed by atoms with Gasteiger partial charge in [-0.3, -0.25) is 13.2 Å². The Bertz CT molecular complexity index is 3520. The first kappa shape index (κ1) is 83.8. The van der Waals surface area contributed by atoms with E-state index in [2.05, 4.69) is 0 Å². The van der Waals surface area contributed by atoms with Crippen LogP contribution in [0.5, 0.6) is 0 Å². The molecular weight excluding hydrogens is 1520 g/mol. The van der Waals surface area contributed by atoms with Crippen LogP contribution in [-0.2, 0) is 104 Å². The fourth-order valence-electron chi connectivity index (χ4n) is 14.2. The zero-order chi connectivity index (χ0) is 78.0. The molecule has 24 rings (SSSR count). The first-order valence-electron chi connectivity index (χ1n) is 33.8. The van der Waals surface area contributed by atoms with Gasteiger partial charge in [0.25, 0.3) is 20.2 Å². The van der Waals surface area contributed by atoms with Crippen LogP contribution in [0.4, 0.5) is 0 Å². The molecule has 22 aliphatic heterocycles. The van der Waals surface area contributed by atoms with E-state index in [9.17, 15) is 134 Å². The zero-order valence-corrected chi connectivity index (χ0v) is 57.5. The van der Waals surface area contributed by atoms with E-state index in [1.54, 1.807) is 0 Å². The Hall–Kier alpha value is -3.59. The molecule has 22 aliphatic rings. The summed E-state index contributed by atoms with van der Waals surface area (Å²) in [6, 6.07) is 7.71. The first-order valence-corrected chi connectivity index (χ1v) is 36.7. The van der Waals surface area contributed by atoms with Gasteiger partial charge >= 0.3 is 0 Å². The molecular formula is C61H86O45S2. The molecule has 22 bridgehead atoms. The molecule has 21 fully saturated rings. The minimum Gasteiger partial charge on any atom is -0.394 e. The van der Waals surface area contributed by atoms with Gasteiger partial charge in [0, 0.05) is 11.1 Å². The normalized spacial score (nSPS) is 49.0. The van der Waals surface area contributed by atoms with E-state index in [4.69, 9.17) is 84.2 Å². The van der Waals surface area contributed by atoms with Crippen LogP contribution >= 0.6 is 0 Å². The Kier molecular flexibility index (Phi) is 26.7. The van der Waals surface area contributed by atoms with E-state index in [-0.39, 0.29) is 0 Å². The van der Waals surface area contributed by atoms with Crippen molar-refractivity contribution in [2.24, 2.45) is 0 Å². The van der Waals surface area contributed by atoms with Crippen LogP contribution in [0.2, 0.25) is 0 Å². The molecule has 0 aromatic heterocycles. The topological polar surface area (TPSA) is 697 Å². The van der Waals surface area contributed by atoms with Crippen LogP contribution in [0.1, 0.15) is 15.9 Å². The van der Waals surface area contributed by atoms with Crippen molar-refractivity contribution >= 4 is 26.0 Å². The highest BCUT2D eigenvalue weighted by Crippen LogP contribution is 2.42. The molecule has 47 heteroatoms. The second-order valence-electron chi connectivity index (χ2n) is 26.9. The van der Waals surface area contributed by atoms with Gasteiger partial charge in [-0.25, -0.2) is 0 Å². The predicted octanol–water partition coefficient (Wildman–Crippen LogP) is -15.0. The smallest absolute Gasteiger partial charge is 0.297 e. The molecule has 0 aliphatic carbocycles. The summed E-state index contributed by atoms with van der Waals surface area (Å²) < 4.78 is 163. The van der Waals surface area contributed by atoms with Crippen LogP contribution in [-0.4, -0.2) is 433 Å². The molecule has 612 valence electrons. The average Bonchev–Trinajstić information content (AvgIpc) is 0.961. The number of aliphatic hydroxyl groups excluding tert-OH is 22. The van der Waals surface area contributed by atoms with Crippen molar-refractivity contribution in [3.05, 3.63) is 59.7 Å². The lowest BCUT2D eigenvalue weighted by Crippen LogP contribution is -2.69. The number of benzene rings is 2. The quantitative estimate of drug-likeness (QED) is 0.109. The Morgan fingerprint density at radius 2 is 0.426 bits per heavy atom. The van der Waals surface area contributed by atoms with Gasteiger partial charge in [-0.05, 0) is 24.3 Å². The molecule has 21 saturated heterocycles. The van der Waals surface area contributed by atoms with Gasteiger partial charge in [0.1, 0.15) is 183 Å². The molecule has 0 saturated carbocycles. The number of carbonyl (C=O) groups is 1. The standard InChI is InChI=1S/C61H86O45S2/c62-9-21-44-30(71)36(77)55(89-21)98-46-23(11-64)91-57(38(79)32(46)73)100-48-25(13-66)93-59(40(81)34(48)75)102-50-27(15-68)95-61-52(42(50)83)105-107(85,86)19-5-1-3-17(7-19)29(70)18-4-2-6-20(8-18)108(87,88)106-53-43(84)51(104-61)28(16-69)96-60(53)103-49-26(14-67)94-58(41(82)35(49)76)101-47-24(12-65)92-56(39(80)33(47)74)99-45-22(10-63)90-54(97-44)37(78)31(45)72/h1-8,21-28,30-69,71-84H,9-16H2/t21-,22-,23-,24-,25-,26-,27-,28-,30-,31-,32-,33-,34-,35-,36-,37-,38-,39-,40-,41-,42+,43+,44-,45-,46-,47-,48-,49-,50-,51-,52-,53-,54-,55-,56-,57-,58-,59-,60-,61-/m1/s1. The molecule has 0 unspecified atom stereocenters. The highest BCUT2D eigenvalue weighted by atomic mass is 32.2. The lowest BCUT2D eigenvalue weighted by molar-refractivity contribution is -0.403. The highest BCUT2D eigenvalue weighted by Gasteiger charge is 2.62. The molecule has 108 heavy (non-hydrogen) atoms. The van der Waals surface area contributed by atoms with E-state index in [1.807, 2.05) is 0 Å². The van der Waals surface area contributed by atoms with Gasteiger partial charge in [0.05, 0.1) is 62.6 Å². The summed E-state index contributed by atoms with van der Waals surface area (Å²) in [5.74, 6) is -1.05. The van der Waals surface area contributed by atoms with Crippen molar-refractivity contribution in [1.82, 2.24) is 0 Å². The third kappa shape index (κ3) is 16.3. The summed E-state index contributed by atoms with van der Waals surface area (Å²) in [6.07, 6.45) is -89.6. The molecule has 22 N–H and O–H groups in total. The maximum absolute atomic E-state index is 14.6. The SMILES string of the molecule is O=C1c2cccc(c2)S(=O)(=O)O[C@H]2[C@H]3O[C@H]4[C@H](O)[C@@H](OS(=O)(=O)c5cccc1c5)[C@@H](O[C@H]1[C@H](O)[C@@H](O)[C@@H](O[C@H]5[C@H](O)[C@@H](O)[C@@H](O[C@H]6[C@H](O)[C@@H](O)[C@@H](O[C@H]7[C@H](O)[C@@H](O)[C@@H](O[C@H]8[C@H](O)[C@@H](O)[C@@H](O[C@H]9[C@H](O)[C@@H](O)[C@@H](O[C@@H]([C@@H]2O)[C@@H](CO)O3)O[C@@H]9CO)O[C@@H]8CO)O[C@@H]7CO)O[C@@H]6CO)O[C@@H]5CO)O[C@@H]1CO)O[C@@H]4CO. The van der Waals surface area contributed by atoms with Gasteiger partial charge in [-0.1, -0.05) is 24.3 Å². The van der Waals surface area contributed by atoms with Crippen molar-refractivity contribution in [2.45, 2.75) is 255 Å². The number of carbonyl (C=O) groups excluding carboxylic acids is 1.